The van der Waals surface area contributed by atoms with Crippen molar-refractivity contribution >= 4 is 40.3 Å². The number of nitrogens with zero attached hydrogens (tertiary/aromatic N) is 1. The molecule has 0 aromatic carbocycles. The summed E-state index contributed by atoms with van der Waals surface area (Å²) in [5, 5.41) is 15.2. The lowest BCUT2D eigenvalue weighted by Gasteiger charge is -2.06. The molecule has 0 aliphatic carbocycles. The third-order valence-electron chi connectivity index (χ3n) is 2.93. The minimum Gasteiger partial charge on any atom is -0.477 e. The zero-order valence-electron chi connectivity index (χ0n) is 13.4. The number of thioether (sulfide) groups is 1. The number of hydrogen-bond donors (Lipinski definition) is 3. The SMILES string of the molecule is CCCCCCSc1nsc(NC(=O)NCCOC)c1C(=O)O. The van der Waals surface area contributed by atoms with Crippen LogP contribution in [0.1, 0.15) is 43.0 Å². The van der Waals surface area contributed by atoms with E-state index in [1.54, 1.807) is 0 Å². The number of carbonyl (C=O) groups excluding carboxylic acids is 1. The lowest BCUT2D eigenvalue weighted by Crippen LogP contribution is -2.31. The molecule has 3 N–H and O–H groups in total. The molecule has 0 aliphatic heterocycles. The molecule has 2 amide bonds. The number of amides is 2. The third kappa shape index (κ3) is 7.19. The maximum Gasteiger partial charge on any atom is 0.341 e. The molecule has 0 unspecified atom stereocenters. The van der Waals surface area contributed by atoms with Crippen molar-refractivity contribution in [2.75, 3.05) is 31.3 Å². The molecular weight excluding hydrogens is 338 g/mol. The number of methoxy groups -OCH3 is 1. The van der Waals surface area contributed by atoms with Crippen LogP contribution in [0.4, 0.5) is 9.80 Å². The average Bonchev–Trinajstić information content (AvgIpc) is 2.90. The monoisotopic (exact) mass is 361 g/mol. The minimum atomic E-state index is -1.08. The second kappa shape index (κ2) is 11.3. The highest BCUT2D eigenvalue weighted by Gasteiger charge is 2.22. The first-order chi connectivity index (χ1) is 11.1. The normalized spacial score (nSPS) is 10.5. The number of aromatic carboxylic acids is 1. The topological polar surface area (TPSA) is 101 Å². The van der Waals surface area contributed by atoms with Crippen molar-refractivity contribution in [1.29, 1.82) is 0 Å². The molecule has 1 aromatic rings. The fourth-order valence-electron chi connectivity index (χ4n) is 1.76. The lowest BCUT2D eigenvalue weighted by molar-refractivity contribution is 0.0694. The van der Waals surface area contributed by atoms with Gasteiger partial charge in [0.05, 0.1) is 6.61 Å². The lowest BCUT2D eigenvalue weighted by atomic mass is 10.2. The van der Waals surface area contributed by atoms with Crippen LogP contribution in [0.5, 0.6) is 0 Å². The summed E-state index contributed by atoms with van der Waals surface area (Å²) in [6.07, 6.45) is 4.49. The van der Waals surface area contributed by atoms with Gasteiger partial charge in [-0.1, -0.05) is 26.2 Å². The number of unbranched alkanes of at least 4 members (excludes halogenated alkanes) is 3. The van der Waals surface area contributed by atoms with Crippen LogP contribution in [-0.4, -0.2) is 47.5 Å². The summed E-state index contributed by atoms with van der Waals surface area (Å²) in [6.45, 7) is 2.88. The van der Waals surface area contributed by atoms with Gasteiger partial charge in [-0.3, -0.25) is 5.32 Å². The molecule has 0 spiro atoms. The maximum atomic E-state index is 11.7. The molecule has 0 saturated heterocycles. The quantitative estimate of drug-likeness (QED) is 0.413. The van der Waals surface area contributed by atoms with E-state index in [0.29, 0.717) is 18.2 Å². The van der Waals surface area contributed by atoms with Crippen molar-refractivity contribution in [3.63, 3.8) is 0 Å². The highest BCUT2D eigenvalue weighted by molar-refractivity contribution is 7.99. The largest absolute Gasteiger partial charge is 0.477 e. The Bertz CT molecular complexity index is 508. The van der Waals surface area contributed by atoms with Crippen LogP contribution >= 0.6 is 23.3 Å². The first-order valence-electron chi connectivity index (χ1n) is 7.49. The number of rotatable bonds is 11. The second-order valence-electron chi connectivity index (χ2n) is 4.78. The number of anilines is 1. The first-order valence-corrected chi connectivity index (χ1v) is 9.25. The molecule has 1 rings (SSSR count). The van der Waals surface area contributed by atoms with E-state index in [4.69, 9.17) is 4.74 Å². The van der Waals surface area contributed by atoms with Gasteiger partial charge in [-0.2, -0.15) is 4.37 Å². The summed E-state index contributed by atoms with van der Waals surface area (Å²) in [6, 6.07) is -0.465. The van der Waals surface area contributed by atoms with Gasteiger partial charge in [0.15, 0.2) is 0 Å². The Morgan fingerprint density at radius 1 is 1.35 bits per heavy atom. The summed E-state index contributed by atoms with van der Waals surface area (Å²) >= 11 is 2.41. The van der Waals surface area contributed by atoms with E-state index in [1.807, 2.05) is 0 Å². The Morgan fingerprint density at radius 2 is 2.13 bits per heavy atom. The van der Waals surface area contributed by atoms with Gasteiger partial charge >= 0.3 is 12.0 Å². The molecule has 0 bridgehead atoms. The highest BCUT2D eigenvalue weighted by atomic mass is 32.2. The van der Waals surface area contributed by atoms with Crippen LogP contribution in [0, 0.1) is 0 Å². The Balaban J connectivity index is 2.59. The molecule has 0 fully saturated rings. The Morgan fingerprint density at radius 3 is 2.78 bits per heavy atom. The average molecular weight is 361 g/mol. The molecule has 0 aliphatic rings. The number of hydrogen-bond acceptors (Lipinski definition) is 6. The van der Waals surface area contributed by atoms with Gasteiger partial charge in [0, 0.05) is 13.7 Å². The third-order valence-corrected chi connectivity index (χ3v) is 4.87. The predicted molar refractivity (Wildman–Crippen MR) is 92.8 cm³/mol. The summed E-state index contributed by atoms with van der Waals surface area (Å²) < 4.78 is 8.99. The highest BCUT2D eigenvalue weighted by Crippen LogP contribution is 2.32. The van der Waals surface area contributed by atoms with E-state index in [-0.39, 0.29) is 10.6 Å². The molecule has 7 nitrogen and oxygen atoms in total. The molecule has 1 aromatic heterocycles. The molecule has 0 atom stereocenters. The number of ether oxygens (including phenoxy) is 1. The zero-order chi connectivity index (χ0) is 17.1. The number of carbonyl (C=O) groups is 2. The van der Waals surface area contributed by atoms with E-state index in [1.165, 1.54) is 25.3 Å². The molecule has 9 heteroatoms. The number of carboxylic acids is 1. The Hall–Kier alpha value is -1.32. The van der Waals surface area contributed by atoms with Crippen LogP contribution in [0.15, 0.2) is 5.03 Å². The second-order valence-corrected chi connectivity index (χ2v) is 6.64. The van der Waals surface area contributed by atoms with E-state index in [9.17, 15) is 14.7 Å². The van der Waals surface area contributed by atoms with Crippen LogP contribution in [0.25, 0.3) is 0 Å². The van der Waals surface area contributed by atoms with Crippen LogP contribution in [-0.2, 0) is 4.74 Å². The van der Waals surface area contributed by atoms with Crippen LogP contribution in [0.2, 0.25) is 0 Å². The van der Waals surface area contributed by atoms with Crippen molar-refractivity contribution in [3.8, 4) is 0 Å². The van der Waals surface area contributed by atoms with Crippen molar-refractivity contribution in [3.05, 3.63) is 5.56 Å². The molecule has 0 radical (unpaired) electrons. The van der Waals surface area contributed by atoms with E-state index < -0.39 is 12.0 Å². The van der Waals surface area contributed by atoms with Crippen molar-refractivity contribution in [1.82, 2.24) is 9.69 Å². The van der Waals surface area contributed by atoms with Crippen LogP contribution in [0.3, 0.4) is 0 Å². The molecule has 23 heavy (non-hydrogen) atoms. The van der Waals surface area contributed by atoms with Crippen molar-refractivity contribution in [2.24, 2.45) is 0 Å². The molecule has 130 valence electrons. The fourth-order valence-corrected chi connectivity index (χ4v) is 3.70. The molecule has 0 saturated carbocycles. The molecular formula is C14H23N3O4S2. The van der Waals surface area contributed by atoms with E-state index in [0.717, 1.165) is 36.5 Å². The summed E-state index contributed by atoms with van der Waals surface area (Å²) in [5.74, 6) is -0.259. The van der Waals surface area contributed by atoms with E-state index in [2.05, 4.69) is 21.9 Å². The maximum absolute atomic E-state index is 11.7. The predicted octanol–water partition coefficient (Wildman–Crippen LogP) is 3.28. The number of carboxylic acid groups (broad SMARTS) is 1. The van der Waals surface area contributed by atoms with Crippen molar-refractivity contribution < 1.29 is 19.4 Å². The summed E-state index contributed by atoms with van der Waals surface area (Å²) in [4.78, 5) is 23.1. The Labute approximate surface area is 144 Å². The standard InChI is InChI=1S/C14H23N3O4S2/c1-3-4-5-6-9-22-12-10(13(18)19)11(23-17-12)16-14(20)15-7-8-21-2/h3-9H2,1-2H3,(H,18,19)(H2,15,16,20). The van der Waals surface area contributed by atoms with Gasteiger partial charge in [0.25, 0.3) is 0 Å². The smallest absolute Gasteiger partial charge is 0.341 e. The fraction of sp³-hybridized carbons (Fsp3) is 0.643. The summed E-state index contributed by atoms with van der Waals surface area (Å²) in [5.41, 5.74) is 0.0670. The van der Waals surface area contributed by atoms with Crippen molar-refractivity contribution in [2.45, 2.75) is 37.6 Å². The minimum absolute atomic E-state index is 0.0670. The zero-order valence-corrected chi connectivity index (χ0v) is 15.0. The molecule has 1 heterocycles. The number of urea groups is 1. The number of aromatic nitrogens is 1. The van der Waals surface area contributed by atoms with Gasteiger partial charge < -0.3 is 15.2 Å². The Kier molecular flexibility index (Phi) is 9.65. The van der Waals surface area contributed by atoms with Gasteiger partial charge in [-0.05, 0) is 23.7 Å². The number of nitrogens with one attached hydrogen (secondary N) is 2. The van der Waals surface area contributed by atoms with Gasteiger partial charge in [-0.15, -0.1) is 11.8 Å². The van der Waals surface area contributed by atoms with Crippen LogP contribution < -0.4 is 10.6 Å². The van der Waals surface area contributed by atoms with E-state index >= 15 is 0 Å². The van der Waals surface area contributed by atoms with Gasteiger partial charge in [0.1, 0.15) is 15.6 Å². The van der Waals surface area contributed by atoms with Gasteiger partial charge in [0.2, 0.25) is 0 Å². The van der Waals surface area contributed by atoms with Gasteiger partial charge in [-0.25, -0.2) is 9.59 Å². The first kappa shape index (κ1) is 19.7. The summed E-state index contributed by atoms with van der Waals surface area (Å²) in [7, 11) is 1.54.